The van der Waals surface area contributed by atoms with Gasteiger partial charge in [-0.15, -0.1) is 0 Å². The highest BCUT2D eigenvalue weighted by Gasteiger charge is 2.11. The fraction of sp³-hybridized carbons (Fsp3) is 0.0500. The Labute approximate surface area is 171 Å². The number of carbonyl (C=O) groups is 2. The Morgan fingerprint density at radius 3 is 2.39 bits per heavy atom. The number of nitrogens with zero attached hydrogens (tertiary/aromatic N) is 1. The quantitative estimate of drug-likeness (QED) is 0.454. The minimum Gasteiger partial charge on any atom is -0.459 e. The molecular weight excluding hydrogens is 401 g/mol. The van der Waals surface area contributed by atoms with E-state index in [1.54, 1.807) is 49.4 Å². The summed E-state index contributed by atoms with van der Waals surface area (Å²) in [7, 11) is 0. The lowest BCUT2D eigenvalue weighted by molar-refractivity contribution is 0.0953. The number of furan rings is 1. The van der Waals surface area contributed by atoms with Gasteiger partial charge in [-0.05, 0) is 55.0 Å². The number of hydrazone groups is 1. The van der Waals surface area contributed by atoms with E-state index >= 15 is 0 Å². The molecule has 28 heavy (non-hydrogen) atoms. The average molecular weight is 416 g/mol. The van der Waals surface area contributed by atoms with Crippen LogP contribution in [0.1, 0.15) is 33.4 Å². The third-order valence-corrected chi connectivity index (χ3v) is 4.35. The molecule has 0 aliphatic carbocycles. The van der Waals surface area contributed by atoms with Crippen LogP contribution in [-0.2, 0) is 0 Å². The Bertz CT molecular complexity index is 1030. The standard InChI is InChI=1S/C20H15Cl2N3O3/c1-12(24-25-19(26)16-9-6-14(21)11-17(16)22)13-4-7-15(8-5-13)23-20(27)18-3-2-10-28-18/h2-11H,1H3,(H,23,27)(H,25,26). The number of nitrogens with one attached hydrogen (secondary N) is 2. The van der Waals surface area contributed by atoms with Crippen molar-refractivity contribution in [2.75, 3.05) is 5.32 Å². The molecule has 0 saturated carbocycles. The number of halogens is 2. The van der Waals surface area contributed by atoms with Crippen molar-refractivity contribution in [3.63, 3.8) is 0 Å². The highest BCUT2D eigenvalue weighted by atomic mass is 35.5. The van der Waals surface area contributed by atoms with E-state index in [0.717, 1.165) is 5.56 Å². The SMILES string of the molecule is CC(=NNC(=O)c1ccc(Cl)cc1Cl)c1ccc(NC(=O)c2ccco2)cc1. The van der Waals surface area contributed by atoms with Crippen molar-refractivity contribution < 1.29 is 14.0 Å². The number of carbonyl (C=O) groups excluding carboxylic acids is 2. The van der Waals surface area contributed by atoms with E-state index in [0.29, 0.717) is 16.4 Å². The molecule has 1 aromatic heterocycles. The maximum atomic E-state index is 12.2. The van der Waals surface area contributed by atoms with Crippen LogP contribution in [0.15, 0.2) is 70.4 Å². The highest BCUT2D eigenvalue weighted by molar-refractivity contribution is 6.36. The third kappa shape index (κ3) is 4.79. The normalized spacial score (nSPS) is 11.2. The van der Waals surface area contributed by atoms with E-state index in [1.165, 1.54) is 18.4 Å². The molecule has 0 atom stereocenters. The highest BCUT2D eigenvalue weighted by Crippen LogP contribution is 2.20. The van der Waals surface area contributed by atoms with Gasteiger partial charge in [0.2, 0.25) is 0 Å². The topological polar surface area (TPSA) is 83.7 Å². The van der Waals surface area contributed by atoms with Crippen LogP contribution in [0.3, 0.4) is 0 Å². The summed E-state index contributed by atoms with van der Waals surface area (Å²) >= 11 is 11.8. The van der Waals surface area contributed by atoms with Gasteiger partial charge >= 0.3 is 0 Å². The van der Waals surface area contributed by atoms with Crippen LogP contribution in [0.25, 0.3) is 0 Å². The molecular formula is C20H15Cl2N3O3. The first kappa shape index (κ1) is 19.7. The van der Waals surface area contributed by atoms with E-state index in [1.807, 2.05) is 0 Å². The molecule has 142 valence electrons. The first-order chi connectivity index (χ1) is 13.4. The summed E-state index contributed by atoms with van der Waals surface area (Å²) in [5.41, 5.74) is 4.71. The Morgan fingerprint density at radius 1 is 1.00 bits per heavy atom. The molecule has 0 spiro atoms. The first-order valence-corrected chi connectivity index (χ1v) is 8.94. The molecule has 0 bridgehead atoms. The molecule has 2 amide bonds. The van der Waals surface area contributed by atoms with Crippen molar-refractivity contribution in [2.24, 2.45) is 5.10 Å². The van der Waals surface area contributed by atoms with Crippen molar-refractivity contribution in [2.45, 2.75) is 6.92 Å². The monoisotopic (exact) mass is 415 g/mol. The second kappa shape index (κ2) is 8.73. The molecule has 0 saturated heterocycles. The fourth-order valence-corrected chi connectivity index (χ4v) is 2.82. The summed E-state index contributed by atoms with van der Waals surface area (Å²) in [5.74, 6) is -0.552. The molecule has 3 aromatic rings. The van der Waals surface area contributed by atoms with Gasteiger partial charge in [-0.1, -0.05) is 35.3 Å². The molecule has 0 fully saturated rings. The van der Waals surface area contributed by atoms with Gasteiger partial charge in [-0.2, -0.15) is 5.10 Å². The Kier molecular flexibility index (Phi) is 6.13. The molecule has 6 nitrogen and oxygen atoms in total. The van der Waals surface area contributed by atoms with Gasteiger partial charge < -0.3 is 9.73 Å². The zero-order valence-corrected chi connectivity index (χ0v) is 16.2. The van der Waals surface area contributed by atoms with Crippen molar-refractivity contribution in [3.8, 4) is 0 Å². The van der Waals surface area contributed by atoms with E-state index in [9.17, 15) is 9.59 Å². The number of amides is 2. The van der Waals surface area contributed by atoms with Gasteiger partial charge in [0.15, 0.2) is 5.76 Å². The summed E-state index contributed by atoms with van der Waals surface area (Å²) in [4.78, 5) is 24.2. The van der Waals surface area contributed by atoms with Gasteiger partial charge in [-0.25, -0.2) is 5.43 Å². The van der Waals surface area contributed by atoms with Crippen molar-refractivity contribution in [1.82, 2.24) is 5.43 Å². The minimum absolute atomic E-state index is 0.227. The maximum Gasteiger partial charge on any atom is 0.291 e. The lowest BCUT2D eigenvalue weighted by Gasteiger charge is -2.07. The summed E-state index contributed by atoms with van der Waals surface area (Å²) in [6.45, 7) is 1.75. The molecule has 0 unspecified atom stereocenters. The van der Waals surface area contributed by atoms with Crippen LogP contribution >= 0.6 is 23.2 Å². The van der Waals surface area contributed by atoms with Gasteiger partial charge in [0, 0.05) is 10.7 Å². The van der Waals surface area contributed by atoms with E-state index < -0.39 is 5.91 Å². The smallest absolute Gasteiger partial charge is 0.291 e. The number of anilines is 1. The molecule has 2 aromatic carbocycles. The predicted octanol–water partition coefficient (Wildman–Crippen LogP) is 4.99. The summed E-state index contributed by atoms with van der Waals surface area (Å²) in [6.07, 6.45) is 1.43. The van der Waals surface area contributed by atoms with E-state index in [4.69, 9.17) is 27.6 Å². The zero-order chi connectivity index (χ0) is 20.1. The lowest BCUT2D eigenvalue weighted by atomic mass is 10.1. The second-order valence-corrected chi connectivity index (χ2v) is 6.61. The van der Waals surface area contributed by atoms with Crippen LogP contribution in [0.5, 0.6) is 0 Å². The average Bonchev–Trinajstić information content (AvgIpc) is 3.21. The number of benzene rings is 2. The molecule has 1 heterocycles. The summed E-state index contributed by atoms with van der Waals surface area (Å²) < 4.78 is 5.05. The van der Waals surface area contributed by atoms with Crippen molar-refractivity contribution >= 4 is 46.4 Å². The first-order valence-electron chi connectivity index (χ1n) is 8.19. The van der Waals surface area contributed by atoms with Crippen LogP contribution in [0.2, 0.25) is 10.0 Å². The largest absolute Gasteiger partial charge is 0.459 e. The summed E-state index contributed by atoms with van der Waals surface area (Å²) in [6, 6.07) is 14.8. The molecule has 8 heteroatoms. The number of hydrogen-bond acceptors (Lipinski definition) is 4. The fourth-order valence-electron chi connectivity index (χ4n) is 2.33. The molecule has 0 aliphatic rings. The molecule has 3 rings (SSSR count). The Balaban J connectivity index is 1.64. The summed E-state index contributed by atoms with van der Waals surface area (Å²) in [5, 5.41) is 7.50. The van der Waals surface area contributed by atoms with Crippen LogP contribution in [0.4, 0.5) is 5.69 Å². The van der Waals surface area contributed by atoms with Crippen molar-refractivity contribution in [1.29, 1.82) is 0 Å². The third-order valence-electron chi connectivity index (χ3n) is 3.81. The van der Waals surface area contributed by atoms with Crippen molar-refractivity contribution in [3.05, 3.63) is 87.8 Å². The molecule has 0 radical (unpaired) electrons. The van der Waals surface area contributed by atoms with E-state index in [-0.39, 0.29) is 22.3 Å². The molecule has 2 N–H and O–H groups in total. The number of hydrogen-bond donors (Lipinski definition) is 2. The molecule has 0 aliphatic heterocycles. The van der Waals surface area contributed by atoms with E-state index in [2.05, 4.69) is 15.8 Å². The predicted molar refractivity (Wildman–Crippen MR) is 109 cm³/mol. The Morgan fingerprint density at radius 2 is 1.75 bits per heavy atom. The van der Waals surface area contributed by atoms with Gasteiger partial charge in [0.25, 0.3) is 11.8 Å². The second-order valence-electron chi connectivity index (χ2n) is 5.77. The minimum atomic E-state index is -0.441. The van der Waals surface area contributed by atoms with Gasteiger partial charge in [-0.3, -0.25) is 9.59 Å². The lowest BCUT2D eigenvalue weighted by Crippen LogP contribution is -2.19. The van der Waals surface area contributed by atoms with Crippen LogP contribution < -0.4 is 10.7 Å². The number of rotatable bonds is 5. The Hall–Kier alpha value is -3.09. The van der Waals surface area contributed by atoms with Crippen LogP contribution in [-0.4, -0.2) is 17.5 Å². The van der Waals surface area contributed by atoms with Crippen LogP contribution in [0, 0.1) is 0 Å². The maximum absolute atomic E-state index is 12.2. The zero-order valence-electron chi connectivity index (χ0n) is 14.7. The van der Waals surface area contributed by atoms with Gasteiger partial charge in [0.1, 0.15) is 0 Å². The van der Waals surface area contributed by atoms with Gasteiger partial charge in [0.05, 0.1) is 22.6 Å².